The summed E-state index contributed by atoms with van der Waals surface area (Å²) in [5.74, 6) is 0. The smallest absolute Gasteiger partial charge is 0.0992 e. The summed E-state index contributed by atoms with van der Waals surface area (Å²) >= 11 is 0. The fourth-order valence-electron chi connectivity index (χ4n) is 7.72. The molecule has 0 amide bonds. The highest BCUT2D eigenvalue weighted by Crippen LogP contribution is 2.44. The molecule has 0 N–H and O–H groups in total. The zero-order valence-corrected chi connectivity index (χ0v) is 26.4. The van der Waals surface area contributed by atoms with Crippen molar-refractivity contribution in [1.82, 2.24) is 9.55 Å². The fourth-order valence-corrected chi connectivity index (χ4v) is 7.72. The van der Waals surface area contributed by atoms with Crippen molar-refractivity contribution in [2.45, 2.75) is 0 Å². The molecule has 0 radical (unpaired) electrons. The van der Waals surface area contributed by atoms with Crippen molar-refractivity contribution in [1.29, 1.82) is 5.26 Å². The van der Waals surface area contributed by atoms with Gasteiger partial charge in [0, 0.05) is 38.2 Å². The van der Waals surface area contributed by atoms with E-state index in [1.165, 1.54) is 32.5 Å². The van der Waals surface area contributed by atoms with E-state index in [1.54, 1.807) is 0 Å². The number of benzene rings is 8. The highest BCUT2D eigenvalue weighted by molar-refractivity contribution is 6.26. The van der Waals surface area contributed by atoms with Crippen molar-refractivity contribution in [3.63, 3.8) is 0 Å². The van der Waals surface area contributed by atoms with Crippen molar-refractivity contribution in [2.24, 2.45) is 0 Å². The Morgan fingerprint density at radius 3 is 1.98 bits per heavy atom. The van der Waals surface area contributed by atoms with Crippen LogP contribution in [0.15, 0.2) is 164 Å². The van der Waals surface area contributed by atoms with Gasteiger partial charge in [-0.1, -0.05) is 109 Å². The Morgan fingerprint density at radius 1 is 0.469 bits per heavy atom. The van der Waals surface area contributed by atoms with Gasteiger partial charge in [-0.2, -0.15) is 5.26 Å². The third-order valence-corrected chi connectivity index (χ3v) is 9.93. The predicted molar refractivity (Wildman–Crippen MR) is 204 cm³/mol. The maximum atomic E-state index is 9.77. The molecule has 0 fully saturated rings. The van der Waals surface area contributed by atoms with Crippen molar-refractivity contribution in [3.8, 4) is 34.1 Å². The second kappa shape index (κ2) is 10.6. The van der Waals surface area contributed by atoms with Gasteiger partial charge in [0.1, 0.15) is 0 Å². The van der Waals surface area contributed by atoms with E-state index in [0.29, 0.717) is 5.56 Å². The number of nitrogens with zero attached hydrogens (tertiary/aromatic N) is 3. The molecule has 49 heavy (non-hydrogen) atoms. The second-order valence-electron chi connectivity index (χ2n) is 12.7. The first-order valence-corrected chi connectivity index (χ1v) is 16.5. The first-order valence-electron chi connectivity index (χ1n) is 16.5. The lowest BCUT2D eigenvalue weighted by atomic mass is 9.89. The highest BCUT2D eigenvalue weighted by atomic mass is 15.0. The standard InChI is InChI=1S/C46H27N3/c47-28-29-19-21-36-39-25-33(20-22-43(39)49(44(36)23-29)34-15-5-2-6-16-34)38-27-41-45(37-18-10-9-17-35(37)38)40-24-31-13-7-8-14-32(31)26-42(40)48-46(41)30-11-3-1-4-12-30/h1-27H. The van der Waals surface area contributed by atoms with Gasteiger partial charge in [0.05, 0.1) is 33.9 Å². The summed E-state index contributed by atoms with van der Waals surface area (Å²) < 4.78 is 2.27. The number of hydrogen-bond acceptors (Lipinski definition) is 2. The molecular formula is C46H27N3. The third kappa shape index (κ3) is 4.18. The van der Waals surface area contributed by atoms with Gasteiger partial charge in [-0.15, -0.1) is 0 Å². The quantitative estimate of drug-likeness (QED) is 0.145. The van der Waals surface area contributed by atoms with Crippen LogP contribution in [0.5, 0.6) is 0 Å². The van der Waals surface area contributed by atoms with Crippen LogP contribution in [0.2, 0.25) is 0 Å². The van der Waals surface area contributed by atoms with Crippen LogP contribution in [-0.4, -0.2) is 9.55 Å². The molecule has 3 nitrogen and oxygen atoms in total. The molecule has 10 rings (SSSR count). The SMILES string of the molecule is N#Cc1ccc2c3cc(-c4cc5c(-c6ccccc6)nc6cc7ccccc7cc6c5c5ccccc45)ccc3n(-c3ccccc3)c2c1. The van der Waals surface area contributed by atoms with Crippen LogP contribution >= 0.6 is 0 Å². The van der Waals surface area contributed by atoms with E-state index in [4.69, 9.17) is 4.98 Å². The summed E-state index contributed by atoms with van der Waals surface area (Å²) in [6.07, 6.45) is 0. The molecular weight excluding hydrogens is 595 g/mol. The van der Waals surface area contributed by atoms with Crippen LogP contribution in [0.1, 0.15) is 5.56 Å². The Labute approximate surface area is 282 Å². The summed E-state index contributed by atoms with van der Waals surface area (Å²) in [5.41, 5.74) is 9.22. The number of pyridine rings is 1. The molecule has 0 unspecified atom stereocenters. The molecule has 0 bridgehead atoms. The van der Waals surface area contributed by atoms with Crippen molar-refractivity contribution in [3.05, 3.63) is 169 Å². The molecule has 226 valence electrons. The molecule has 0 spiro atoms. The van der Waals surface area contributed by atoms with Crippen molar-refractivity contribution < 1.29 is 0 Å². The van der Waals surface area contributed by atoms with Crippen molar-refractivity contribution >= 4 is 65.0 Å². The van der Waals surface area contributed by atoms with E-state index < -0.39 is 0 Å². The number of fused-ring (bicyclic) bond motifs is 9. The number of rotatable bonds is 3. The summed E-state index contributed by atoms with van der Waals surface area (Å²) in [6.45, 7) is 0. The lowest BCUT2D eigenvalue weighted by molar-refractivity contribution is 1.18. The molecule has 2 aromatic heterocycles. The topological polar surface area (TPSA) is 41.6 Å². The Morgan fingerprint density at radius 2 is 1.18 bits per heavy atom. The first-order chi connectivity index (χ1) is 24.2. The van der Waals surface area contributed by atoms with Crippen LogP contribution < -0.4 is 0 Å². The van der Waals surface area contributed by atoms with E-state index in [2.05, 4.69) is 156 Å². The molecule has 3 heteroatoms. The van der Waals surface area contributed by atoms with Crippen LogP contribution in [0.25, 0.3) is 93.1 Å². The summed E-state index contributed by atoms with van der Waals surface area (Å²) in [6, 6.07) is 60.3. The molecule has 0 atom stereocenters. The average molecular weight is 622 g/mol. The molecule has 10 aromatic rings. The molecule has 0 aliphatic heterocycles. The Kier molecular flexibility index (Phi) is 5.94. The lowest BCUT2D eigenvalue weighted by Crippen LogP contribution is -1.94. The number of nitriles is 1. The van der Waals surface area contributed by atoms with Crippen LogP contribution in [-0.2, 0) is 0 Å². The van der Waals surface area contributed by atoms with Crippen molar-refractivity contribution in [2.75, 3.05) is 0 Å². The molecule has 0 saturated heterocycles. The number of aromatic nitrogens is 2. The maximum Gasteiger partial charge on any atom is 0.0992 e. The molecule has 8 aromatic carbocycles. The fraction of sp³-hybridized carbons (Fsp3) is 0. The predicted octanol–water partition coefficient (Wildman–Crippen LogP) is 12.0. The van der Waals surface area contributed by atoms with Crippen LogP contribution in [0, 0.1) is 11.3 Å². The molecule has 0 saturated carbocycles. The van der Waals surface area contributed by atoms with Crippen LogP contribution in [0.3, 0.4) is 0 Å². The molecule has 2 heterocycles. The Bertz CT molecular complexity index is 2990. The van der Waals surface area contributed by atoms with E-state index in [9.17, 15) is 5.26 Å². The first kappa shape index (κ1) is 27.4. The van der Waals surface area contributed by atoms with Gasteiger partial charge in [-0.05, 0) is 87.3 Å². The maximum absolute atomic E-state index is 9.77. The highest BCUT2D eigenvalue weighted by Gasteiger charge is 2.19. The van der Waals surface area contributed by atoms with Gasteiger partial charge in [0.25, 0.3) is 0 Å². The molecule has 0 aliphatic rings. The van der Waals surface area contributed by atoms with Gasteiger partial charge in [-0.25, -0.2) is 4.98 Å². The minimum Gasteiger partial charge on any atom is -0.309 e. The van der Waals surface area contributed by atoms with Gasteiger partial charge < -0.3 is 4.57 Å². The zero-order chi connectivity index (χ0) is 32.5. The van der Waals surface area contributed by atoms with Crippen LogP contribution in [0.4, 0.5) is 0 Å². The summed E-state index contributed by atoms with van der Waals surface area (Å²) in [7, 11) is 0. The number of para-hydroxylation sites is 1. The largest absolute Gasteiger partial charge is 0.309 e. The Balaban J connectivity index is 1.32. The van der Waals surface area contributed by atoms with Gasteiger partial charge in [0.15, 0.2) is 0 Å². The second-order valence-corrected chi connectivity index (χ2v) is 12.7. The van der Waals surface area contributed by atoms with Gasteiger partial charge >= 0.3 is 0 Å². The zero-order valence-electron chi connectivity index (χ0n) is 26.4. The van der Waals surface area contributed by atoms with E-state index >= 15 is 0 Å². The van der Waals surface area contributed by atoms with E-state index in [-0.39, 0.29) is 0 Å². The third-order valence-electron chi connectivity index (χ3n) is 9.93. The van der Waals surface area contributed by atoms with Gasteiger partial charge in [0.2, 0.25) is 0 Å². The average Bonchev–Trinajstić information content (AvgIpc) is 3.49. The summed E-state index contributed by atoms with van der Waals surface area (Å²) in [5, 5.41) is 20.4. The van der Waals surface area contributed by atoms with E-state index in [0.717, 1.165) is 60.6 Å². The Hall–Kier alpha value is -6.76. The molecule has 0 aliphatic carbocycles. The van der Waals surface area contributed by atoms with Gasteiger partial charge in [-0.3, -0.25) is 0 Å². The monoisotopic (exact) mass is 621 g/mol. The van der Waals surface area contributed by atoms with E-state index in [1.807, 2.05) is 18.2 Å². The lowest BCUT2D eigenvalue weighted by Gasteiger charge is -2.17. The summed E-state index contributed by atoms with van der Waals surface area (Å²) in [4.78, 5) is 5.38. The minimum absolute atomic E-state index is 0.647. The number of hydrogen-bond donors (Lipinski definition) is 0. The normalized spacial score (nSPS) is 11.7. The minimum atomic E-state index is 0.647.